The van der Waals surface area contributed by atoms with Gasteiger partial charge in [-0.05, 0) is 42.0 Å². The van der Waals surface area contributed by atoms with Crippen molar-refractivity contribution < 1.29 is 32.5 Å². The predicted octanol–water partition coefficient (Wildman–Crippen LogP) is 2.89. The van der Waals surface area contributed by atoms with Gasteiger partial charge in [0.2, 0.25) is 0 Å². The van der Waals surface area contributed by atoms with Crippen LogP contribution in [0.25, 0.3) is 0 Å². The molecule has 0 saturated carbocycles. The first-order valence-corrected chi connectivity index (χ1v) is 8.14. The Labute approximate surface area is 159 Å². The molecule has 0 heterocycles. The maximum Gasteiger partial charge on any atom is 0.573 e. The number of rotatable bonds is 8. The molecule has 28 heavy (non-hydrogen) atoms. The zero-order valence-corrected chi connectivity index (χ0v) is 15.0. The number of aliphatic hydroxyl groups is 1. The van der Waals surface area contributed by atoms with Crippen molar-refractivity contribution in [1.29, 1.82) is 0 Å². The zero-order valence-electron chi connectivity index (χ0n) is 15.0. The molecular weight excluding hydrogens is 379 g/mol. The van der Waals surface area contributed by atoms with Gasteiger partial charge in [0.25, 0.3) is 0 Å². The number of ether oxygens (including phenoxy) is 3. The summed E-state index contributed by atoms with van der Waals surface area (Å²) in [5, 5.41) is 11.6. The molecule has 0 saturated heterocycles. The second-order valence-corrected chi connectivity index (χ2v) is 5.46. The summed E-state index contributed by atoms with van der Waals surface area (Å²) in [6, 6.07) is 10.3. The van der Waals surface area contributed by atoms with Crippen molar-refractivity contribution in [2.75, 3.05) is 25.6 Å². The van der Waals surface area contributed by atoms with E-state index in [4.69, 9.17) is 20.3 Å². The molecular formula is C18H20F3N3O4. The van der Waals surface area contributed by atoms with E-state index in [-0.39, 0.29) is 31.5 Å². The summed E-state index contributed by atoms with van der Waals surface area (Å²) in [5.41, 5.74) is 7.06. The molecule has 0 spiro atoms. The van der Waals surface area contributed by atoms with Crippen molar-refractivity contribution in [3.05, 3.63) is 48.0 Å². The highest BCUT2D eigenvalue weighted by Crippen LogP contribution is 2.28. The van der Waals surface area contributed by atoms with Crippen molar-refractivity contribution in [1.82, 2.24) is 0 Å². The van der Waals surface area contributed by atoms with Gasteiger partial charge < -0.3 is 30.4 Å². The van der Waals surface area contributed by atoms with Crippen LogP contribution in [0.2, 0.25) is 0 Å². The van der Waals surface area contributed by atoms with Gasteiger partial charge in [-0.2, -0.15) is 0 Å². The van der Waals surface area contributed by atoms with E-state index >= 15 is 0 Å². The van der Waals surface area contributed by atoms with Crippen molar-refractivity contribution >= 4 is 11.6 Å². The molecule has 7 nitrogen and oxygen atoms in total. The molecule has 0 aromatic heterocycles. The van der Waals surface area contributed by atoms with Gasteiger partial charge in [0.1, 0.15) is 12.4 Å². The molecule has 0 radical (unpaired) electrons. The number of halogens is 3. The van der Waals surface area contributed by atoms with Crippen LogP contribution in [0.4, 0.5) is 18.9 Å². The molecule has 0 aliphatic carbocycles. The average molecular weight is 399 g/mol. The van der Waals surface area contributed by atoms with Crippen molar-refractivity contribution in [3.8, 4) is 17.2 Å². The molecule has 0 amide bonds. The summed E-state index contributed by atoms with van der Waals surface area (Å²) < 4.78 is 50.8. The fourth-order valence-electron chi connectivity index (χ4n) is 2.19. The summed E-state index contributed by atoms with van der Waals surface area (Å²) in [6.45, 7) is 0.281. The van der Waals surface area contributed by atoms with Crippen molar-refractivity contribution in [2.24, 2.45) is 10.7 Å². The Morgan fingerprint density at radius 1 is 1.14 bits per heavy atom. The van der Waals surface area contributed by atoms with E-state index in [9.17, 15) is 13.2 Å². The molecule has 0 aliphatic rings. The number of aliphatic hydroxyl groups excluding tert-OH is 1. The first kappa shape index (κ1) is 21.2. The lowest BCUT2D eigenvalue weighted by molar-refractivity contribution is -0.274. The molecule has 2 aromatic carbocycles. The van der Waals surface area contributed by atoms with Crippen molar-refractivity contribution in [3.63, 3.8) is 0 Å². The normalized spacial score (nSPS) is 11.8. The highest BCUT2D eigenvalue weighted by atomic mass is 19.4. The quantitative estimate of drug-likeness (QED) is 0.466. The van der Waals surface area contributed by atoms with Crippen LogP contribution in [0, 0.1) is 0 Å². The van der Waals surface area contributed by atoms with Gasteiger partial charge in [-0.15, -0.1) is 13.2 Å². The summed E-state index contributed by atoms with van der Waals surface area (Å²) in [7, 11) is 1.50. The van der Waals surface area contributed by atoms with E-state index < -0.39 is 6.36 Å². The Morgan fingerprint density at radius 3 is 2.46 bits per heavy atom. The smallest absolute Gasteiger partial charge is 0.493 e. The van der Waals surface area contributed by atoms with Crippen LogP contribution in [0.5, 0.6) is 17.2 Å². The van der Waals surface area contributed by atoms with E-state index in [1.165, 1.54) is 31.4 Å². The van der Waals surface area contributed by atoms with Crippen molar-refractivity contribution in [2.45, 2.75) is 12.9 Å². The first-order valence-electron chi connectivity index (χ1n) is 8.14. The standard InChI is InChI=1S/C18H20F3N3O4/c1-26-16-10-12(2-7-15(16)27-9-8-25)11-23-17(22)24-13-3-5-14(6-4-13)28-18(19,20)21/h2-7,10,25H,8-9,11H2,1H3,(H3,22,23,24). The summed E-state index contributed by atoms with van der Waals surface area (Å²) in [4.78, 5) is 4.17. The molecule has 0 bridgehead atoms. The summed E-state index contributed by atoms with van der Waals surface area (Å²) >= 11 is 0. The van der Waals surface area contributed by atoms with Gasteiger partial charge in [0, 0.05) is 5.69 Å². The third-order valence-corrected chi connectivity index (χ3v) is 3.37. The number of benzene rings is 2. The number of nitrogens with zero attached hydrogens (tertiary/aromatic N) is 1. The molecule has 2 aromatic rings. The Balaban J connectivity index is 1.96. The van der Waals surface area contributed by atoms with E-state index in [0.717, 1.165) is 5.56 Å². The van der Waals surface area contributed by atoms with Crippen LogP contribution < -0.4 is 25.3 Å². The van der Waals surface area contributed by atoms with Crippen LogP contribution in [-0.4, -0.2) is 37.8 Å². The molecule has 0 fully saturated rings. The summed E-state index contributed by atoms with van der Waals surface area (Å²) in [6.07, 6.45) is -4.74. The molecule has 0 unspecified atom stereocenters. The monoisotopic (exact) mass is 399 g/mol. The third-order valence-electron chi connectivity index (χ3n) is 3.37. The Morgan fingerprint density at radius 2 is 1.86 bits per heavy atom. The lowest BCUT2D eigenvalue weighted by Gasteiger charge is -2.11. The van der Waals surface area contributed by atoms with E-state index in [1.807, 2.05) is 0 Å². The maximum atomic E-state index is 12.1. The fraction of sp³-hybridized carbons (Fsp3) is 0.278. The number of anilines is 1. The number of hydrogen-bond acceptors (Lipinski definition) is 5. The predicted molar refractivity (Wildman–Crippen MR) is 97.6 cm³/mol. The second kappa shape index (κ2) is 9.70. The highest BCUT2D eigenvalue weighted by Gasteiger charge is 2.30. The van der Waals surface area contributed by atoms with Crippen LogP contribution in [-0.2, 0) is 6.54 Å². The summed E-state index contributed by atoms with van der Waals surface area (Å²) in [5.74, 6) is 0.748. The van der Waals surface area contributed by atoms with E-state index in [0.29, 0.717) is 17.2 Å². The molecule has 2 rings (SSSR count). The molecule has 0 aliphatic heterocycles. The molecule has 4 N–H and O–H groups in total. The number of aliphatic imine (C=N–C) groups is 1. The van der Waals surface area contributed by atoms with Gasteiger partial charge in [-0.3, -0.25) is 0 Å². The number of nitrogens with two attached hydrogens (primary N) is 1. The lowest BCUT2D eigenvalue weighted by Crippen LogP contribution is -2.22. The fourth-order valence-corrected chi connectivity index (χ4v) is 2.19. The lowest BCUT2D eigenvalue weighted by atomic mass is 10.2. The zero-order chi connectivity index (χ0) is 20.6. The Kier molecular flexibility index (Phi) is 7.33. The third kappa shape index (κ3) is 6.88. The minimum Gasteiger partial charge on any atom is -0.493 e. The minimum absolute atomic E-state index is 0.0871. The molecule has 152 valence electrons. The van der Waals surface area contributed by atoms with Gasteiger partial charge in [-0.25, -0.2) is 4.99 Å². The van der Waals surface area contributed by atoms with Crippen LogP contribution in [0.3, 0.4) is 0 Å². The largest absolute Gasteiger partial charge is 0.573 e. The average Bonchev–Trinajstić information content (AvgIpc) is 2.65. The van der Waals surface area contributed by atoms with Gasteiger partial charge >= 0.3 is 6.36 Å². The van der Waals surface area contributed by atoms with Crippen LogP contribution in [0.1, 0.15) is 5.56 Å². The molecule has 10 heteroatoms. The van der Waals surface area contributed by atoms with Crippen LogP contribution >= 0.6 is 0 Å². The first-order chi connectivity index (χ1) is 13.3. The van der Waals surface area contributed by atoms with Gasteiger partial charge in [0.15, 0.2) is 17.5 Å². The second-order valence-electron chi connectivity index (χ2n) is 5.46. The van der Waals surface area contributed by atoms with Crippen LogP contribution in [0.15, 0.2) is 47.5 Å². The number of alkyl halides is 3. The number of hydrogen-bond donors (Lipinski definition) is 3. The Hall–Kier alpha value is -3.14. The number of methoxy groups -OCH3 is 1. The Bertz CT molecular complexity index is 796. The number of guanidine groups is 1. The SMILES string of the molecule is COc1cc(CN=C(N)Nc2ccc(OC(F)(F)F)cc2)ccc1OCCO. The minimum atomic E-state index is -4.74. The van der Waals surface area contributed by atoms with E-state index in [1.54, 1.807) is 18.2 Å². The van der Waals surface area contributed by atoms with E-state index in [2.05, 4.69) is 15.0 Å². The van der Waals surface area contributed by atoms with Gasteiger partial charge in [-0.1, -0.05) is 6.07 Å². The molecule has 0 atom stereocenters. The number of nitrogens with one attached hydrogen (secondary N) is 1. The highest BCUT2D eigenvalue weighted by molar-refractivity contribution is 5.92. The topological polar surface area (TPSA) is 98.3 Å². The van der Waals surface area contributed by atoms with Gasteiger partial charge in [0.05, 0.1) is 20.3 Å². The maximum absolute atomic E-state index is 12.1.